The molecule has 7 heteroatoms. The molecule has 34 heavy (non-hydrogen) atoms. The highest BCUT2D eigenvalue weighted by Crippen LogP contribution is 2.40. The van der Waals surface area contributed by atoms with Gasteiger partial charge in [0.25, 0.3) is 0 Å². The largest absolute Gasteiger partial charge is 0.495 e. The number of carbonyl (C=O) groups is 1. The molecule has 2 atom stereocenters. The molecule has 6 nitrogen and oxygen atoms in total. The number of benzene rings is 1. The van der Waals surface area contributed by atoms with Crippen LogP contribution in [0.1, 0.15) is 89.0 Å². The van der Waals surface area contributed by atoms with Crippen LogP contribution in [0.4, 0.5) is 10.5 Å². The number of aryl methyl sites for hydroxylation is 1. The van der Waals surface area contributed by atoms with Crippen molar-refractivity contribution in [3.05, 3.63) is 23.8 Å². The van der Waals surface area contributed by atoms with Gasteiger partial charge in [0.15, 0.2) is 0 Å². The highest BCUT2D eigenvalue weighted by atomic mass is 35.5. The first-order valence-electron chi connectivity index (χ1n) is 13.2. The number of halogens is 1. The zero-order chi connectivity index (χ0) is 23.6. The maximum atomic E-state index is 12.4. The monoisotopic (exact) mass is 495 g/mol. The Morgan fingerprint density at radius 1 is 1.06 bits per heavy atom. The minimum atomic E-state index is -0.873. The molecule has 0 spiro atoms. The third-order valence-corrected chi connectivity index (χ3v) is 7.64. The summed E-state index contributed by atoms with van der Waals surface area (Å²) in [6.07, 6.45) is 14.9. The van der Waals surface area contributed by atoms with Crippen LogP contribution in [-0.2, 0) is 0 Å². The number of hydrogen-bond acceptors (Lipinski definition) is 4. The fourth-order valence-corrected chi connectivity index (χ4v) is 5.97. The topological polar surface area (TPSA) is 79.0 Å². The van der Waals surface area contributed by atoms with Gasteiger partial charge in [-0.05, 0) is 76.2 Å². The number of nitrogens with two attached hydrogens (primary N) is 1. The summed E-state index contributed by atoms with van der Waals surface area (Å²) in [6, 6.07) is 6.81. The van der Waals surface area contributed by atoms with E-state index in [0.717, 1.165) is 37.9 Å². The predicted molar refractivity (Wildman–Crippen MR) is 143 cm³/mol. The van der Waals surface area contributed by atoms with E-state index in [-0.39, 0.29) is 18.4 Å². The van der Waals surface area contributed by atoms with Crippen LogP contribution in [-0.4, -0.2) is 54.4 Å². The summed E-state index contributed by atoms with van der Waals surface area (Å²) in [7, 11) is 1.62. The average molecular weight is 496 g/mol. The predicted octanol–water partition coefficient (Wildman–Crippen LogP) is 6.37. The number of anilines is 1. The first-order chi connectivity index (χ1) is 16.0. The number of unbranched alkanes of at least 4 members (excludes halogenated alkanes) is 7. The molecule has 2 saturated heterocycles. The van der Waals surface area contributed by atoms with Gasteiger partial charge in [-0.1, -0.05) is 51.0 Å². The number of fused-ring (bicyclic) bond motifs is 2. The second-order valence-corrected chi connectivity index (χ2v) is 10.0. The Balaban J connectivity index is 0.00000408. The minimum absolute atomic E-state index is 0. The molecule has 2 aliphatic heterocycles. The Morgan fingerprint density at radius 3 is 2.21 bits per heavy atom. The van der Waals surface area contributed by atoms with Gasteiger partial charge in [0, 0.05) is 18.1 Å². The summed E-state index contributed by atoms with van der Waals surface area (Å²) in [5.41, 5.74) is 7.30. The molecule has 194 valence electrons. The van der Waals surface area contributed by atoms with E-state index in [1.165, 1.54) is 64.2 Å². The molecule has 3 rings (SSSR count). The van der Waals surface area contributed by atoms with Gasteiger partial charge in [-0.15, -0.1) is 12.4 Å². The van der Waals surface area contributed by atoms with E-state index in [9.17, 15) is 9.90 Å². The number of piperidine rings is 2. The molecule has 2 heterocycles. The van der Waals surface area contributed by atoms with Crippen LogP contribution >= 0.6 is 12.4 Å². The molecule has 2 aliphatic rings. The highest BCUT2D eigenvalue weighted by Gasteiger charge is 2.42. The number of ether oxygens (including phenoxy) is 1. The van der Waals surface area contributed by atoms with Gasteiger partial charge in [-0.3, -0.25) is 9.80 Å². The number of hydrogen-bond donors (Lipinski definition) is 2. The van der Waals surface area contributed by atoms with Gasteiger partial charge >= 0.3 is 6.09 Å². The Bertz CT molecular complexity index is 734. The molecule has 2 fully saturated rings. The van der Waals surface area contributed by atoms with E-state index in [2.05, 4.69) is 4.90 Å². The van der Waals surface area contributed by atoms with E-state index in [0.29, 0.717) is 23.5 Å². The van der Waals surface area contributed by atoms with Gasteiger partial charge in [0.05, 0.1) is 12.8 Å². The normalized spacial score (nSPS) is 22.1. The third-order valence-electron chi connectivity index (χ3n) is 7.64. The lowest BCUT2D eigenvalue weighted by molar-refractivity contribution is 0.0287. The summed E-state index contributed by atoms with van der Waals surface area (Å²) in [5.74, 6) is 0.638. The van der Waals surface area contributed by atoms with Crippen LogP contribution in [0.15, 0.2) is 18.2 Å². The van der Waals surface area contributed by atoms with Crippen LogP contribution in [0.3, 0.4) is 0 Å². The maximum Gasteiger partial charge on any atom is 0.412 e. The van der Waals surface area contributed by atoms with E-state index < -0.39 is 6.09 Å². The van der Waals surface area contributed by atoms with Crippen LogP contribution in [0.5, 0.6) is 5.75 Å². The number of nitrogens with zero attached hydrogens (tertiary/aromatic N) is 2. The Labute approximate surface area is 212 Å². The van der Waals surface area contributed by atoms with E-state index >= 15 is 0 Å². The van der Waals surface area contributed by atoms with Crippen molar-refractivity contribution >= 4 is 24.2 Å². The van der Waals surface area contributed by atoms with Crippen LogP contribution < -0.4 is 15.4 Å². The van der Waals surface area contributed by atoms with E-state index in [1.54, 1.807) is 12.0 Å². The summed E-state index contributed by atoms with van der Waals surface area (Å²) < 4.78 is 5.53. The van der Waals surface area contributed by atoms with Crippen LogP contribution in [0, 0.1) is 6.92 Å². The molecule has 0 saturated carbocycles. The molecular weight excluding hydrogens is 450 g/mol. The standard InChI is InChI=1S/C27H45N3O3.ClH/c1-21-14-15-26(33-2)25(18-21)30(27(31)32)24-19-22-12-11-13-23(20-24)29(22)17-10-8-6-4-3-5-7-9-16-28;/h14-15,18,22-24H,3-13,16-17,19-20,28H2,1-2H3,(H,31,32);1H. The molecule has 1 amide bonds. The highest BCUT2D eigenvalue weighted by molar-refractivity contribution is 5.89. The Kier molecular flexibility index (Phi) is 12.5. The summed E-state index contributed by atoms with van der Waals surface area (Å²) in [5, 5.41) is 10.2. The fourth-order valence-electron chi connectivity index (χ4n) is 5.97. The fraction of sp³-hybridized carbons (Fsp3) is 0.741. The first-order valence-corrected chi connectivity index (χ1v) is 13.2. The van der Waals surface area contributed by atoms with Crippen LogP contribution in [0.25, 0.3) is 0 Å². The van der Waals surface area contributed by atoms with Crippen molar-refractivity contribution < 1.29 is 14.6 Å². The summed E-state index contributed by atoms with van der Waals surface area (Å²) in [6.45, 7) is 3.98. The zero-order valence-corrected chi connectivity index (χ0v) is 22.0. The van der Waals surface area contributed by atoms with Crippen LogP contribution in [0.2, 0.25) is 0 Å². The van der Waals surface area contributed by atoms with Crippen molar-refractivity contribution in [3.8, 4) is 5.75 Å². The van der Waals surface area contributed by atoms with Gasteiger partial charge in [0.2, 0.25) is 0 Å². The van der Waals surface area contributed by atoms with Crippen molar-refractivity contribution in [2.75, 3.05) is 25.1 Å². The lowest BCUT2D eigenvalue weighted by atomic mass is 9.80. The lowest BCUT2D eigenvalue weighted by Crippen LogP contribution is -2.58. The van der Waals surface area contributed by atoms with Crippen molar-refractivity contribution in [2.45, 2.75) is 109 Å². The molecule has 3 N–H and O–H groups in total. The first kappa shape index (κ1) is 28.7. The van der Waals surface area contributed by atoms with Gasteiger partial charge in [-0.2, -0.15) is 0 Å². The number of carboxylic acid groups (broad SMARTS) is 1. The van der Waals surface area contributed by atoms with Crippen molar-refractivity contribution in [1.29, 1.82) is 0 Å². The third kappa shape index (κ3) is 7.76. The number of amides is 1. The molecule has 1 aromatic rings. The summed E-state index contributed by atoms with van der Waals surface area (Å²) in [4.78, 5) is 16.7. The molecule has 0 radical (unpaired) electrons. The van der Waals surface area contributed by atoms with Gasteiger partial charge in [-0.25, -0.2) is 4.79 Å². The molecule has 0 aromatic heterocycles. The van der Waals surface area contributed by atoms with E-state index in [4.69, 9.17) is 10.5 Å². The molecule has 1 aromatic carbocycles. The van der Waals surface area contributed by atoms with Gasteiger partial charge in [0.1, 0.15) is 5.75 Å². The smallest absolute Gasteiger partial charge is 0.412 e. The zero-order valence-electron chi connectivity index (χ0n) is 21.2. The molecule has 2 unspecified atom stereocenters. The Morgan fingerprint density at radius 2 is 1.65 bits per heavy atom. The average Bonchev–Trinajstić information content (AvgIpc) is 2.78. The van der Waals surface area contributed by atoms with Crippen molar-refractivity contribution in [3.63, 3.8) is 0 Å². The maximum absolute atomic E-state index is 12.4. The van der Waals surface area contributed by atoms with Crippen molar-refractivity contribution in [1.82, 2.24) is 4.90 Å². The molecule has 0 aliphatic carbocycles. The number of methoxy groups -OCH3 is 1. The van der Waals surface area contributed by atoms with Crippen molar-refractivity contribution in [2.24, 2.45) is 5.73 Å². The Hall–Kier alpha value is -1.50. The SMILES string of the molecule is COc1ccc(C)cc1N(C(=O)O)C1CC2CCCC(C1)N2CCCCCCCCCCN.Cl. The lowest BCUT2D eigenvalue weighted by Gasteiger charge is -2.50. The second-order valence-electron chi connectivity index (χ2n) is 10.0. The molecule has 2 bridgehead atoms. The van der Waals surface area contributed by atoms with Gasteiger partial charge < -0.3 is 15.6 Å². The second kappa shape index (κ2) is 14.8. The van der Waals surface area contributed by atoms with E-state index in [1.807, 2.05) is 25.1 Å². The number of rotatable bonds is 13. The minimum Gasteiger partial charge on any atom is -0.495 e. The molecular formula is C27H46ClN3O3. The summed E-state index contributed by atoms with van der Waals surface area (Å²) >= 11 is 0. The quantitative estimate of drug-likeness (QED) is 0.310.